The van der Waals surface area contributed by atoms with Crippen molar-refractivity contribution >= 4 is 26.2 Å². The van der Waals surface area contributed by atoms with Crippen LogP contribution in [0, 0.1) is 0 Å². The van der Waals surface area contributed by atoms with Gasteiger partial charge in [0.2, 0.25) is 8.46 Å². The average molecular weight is 627 g/mol. The zero-order valence-electron chi connectivity index (χ0n) is 27.0. The molecule has 0 amide bonds. The summed E-state index contributed by atoms with van der Waals surface area (Å²) in [7, 11) is -0.657. The largest absolute Gasteiger partial charge is 0.456 e. The third-order valence-corrected chi connectivity index (χ3v) is 9.55. The van der Waals surface area contributed by atoms with Crippen molar-refractivity contribution in [2.45, 2.75) is 160 Å². The molecule has 0 fully saturated rings. The molecule has 0 radical (unpaired) electrons. The number of benzene rings is 1. The van der Waals surface area contributed by atoms with Gasteiger partial charge in [-0.05, 0) is 37.5 Å². The number of carbonyl (C=O) groups is 1. The molecule has 242 valence electrons. The van der Waals surface area contributed by atoms with Gasteiger partial charge in [-0.25, -0.2) is 9.68 Å². The Bertz CT molecular complexity index is 783. The Morgan fingerprint density at radius 1 is 0.810 bits per heavy atom. The maximum absolute atomic E-state index is 13.1. The van der Waals surface area contributed by atoms with Crippen LogP contribution in [-0.4, -0.2) is 35.2 Å². The van der Waals surface area contributed by atoms with Gasteiger partial charge in [-0.1, -0.05) is 141 Å². The summed E-state index contributed by atoms with van der Waals surface area (Å²) in [5, 5.41) is 0.206. The maximum Gasteiger partial charge on any atom is 0.383 e. The first kappa shape index (κ1) is 39.0. The Hall–Kier alpha value is -0.980. The van der Waals surface area contributed by atoms with Crippen LogP contribution in [0.1, 0.15) is 142 Å². The maximum atomic E-state index is 13.1. The highest BCUT2D eigenvalue weighted by Crippen LogP contribution is 2.32. The lowest BCUT2D eigenvalue weighted by molar-refractivity contribution is -0.403. The van der Waals surface area contributed by atoms with E-state index >= 15 is 0 Å². The number of hydrogen-bond acceptors (Lipinski definition) is 7. The number of esters is 1. The van der Waals surface area contributed by atoms with Crippen LogP contribution in [0.25, 0.3) is 0 Å². The van der Waals surface area contributed by atoms with Crippen molar-refractivity contribution in [3.63, 3.8) is 0 Å². The van der Waals surface area contributed by atoms with E-state index in [4.69, 9.17) is 19.2 Å². The molecule has 6 nitrogen and oxygen atoms in total. The summed E-state index contributed by atoms with van der Waals surface area (Å²) in [6.45, 7) is 8.57. The van der Waals surface area contributed by atoms with Gasteiger partial charge in [-0.3, -0.25) is 4.57 Å². The fraction of sp³-hybridized carbons (Fsp3) is 0.794. The van der Waals surface area contributed by atoms with Crippen LogP contribution in [0.15, 0.2) is 30.3 Å². The van der Waals surface area contributed by atoms with Crippen LogP contribution >= 0.6 is 20.2 Å². The van der Waals surface area contributed by atoms with Gasteiger partial charge in [0.05, 0.1) is 6.61 Å². The predicted molar refractivity (Wildman–Crippen MR) is 176 cm³/mol. The summed E-state index contributed by atoms with van der Waals surface area (Å²) in [6, 6.07) is 9.34. The van der Waals surface area contributed by atoms with Crippen molar-refractivity contribution in [1.29, 1.82) is 0 Å². The topological polar surface area (TPSA) is 71.1 Å². The van der Waals surface area contributed by atoms with Crippen molar-refractivity contribution in [1.82, 2.24) is 0 Å². The molecule has 3 unspecified atom stereocenters. The highest BCUT2D eigenvalue weighted by atomic mass is 32.2. The monoisotopic (exact) mass is 626 g/mol. The Morgan fingerprint density at radius 3 is 1.95 bits per heavy atom. The van der Waals surface area contributed by atoms with Gasteiger partial charge < -0.3 is 9.47 Å². The number of unbranched alkanes of at least 4 members (excludes halogenated alkanes) is 13. The second-order valence-electron chi connectivity index (χ2n) is 11.3. The number of rotatable bonds is 29. The van der Waals surface area contributed by atoms with E-state index in [-0.39, 0.29) is 24.6 Å². The molecule has 0 spiro atoms. The van der Waals surface area contributed by atoms with E-state index in [2.05, 4.69) is 13.8 Å². The SMILES string of the molecule is CCCCCCCCCCCCSC(CCCCCCC)C(C)OOC(OCCC)(P=O)C(=O)OCc1ccccc1. The Morgan fingerprint density at radius 2 is 1.38 bits per heavy atom. The van der Waals surface area contributed by atoms with Gasteiger partial charge in [-0.15, -0.1) is 0 Å². The second kappa shape index (κ2) is 26.4. The number of thioether (sulfide) groups is 1. The normalized spacial score (nSPS) is 14.5. The molecule has 0 N–H and O–H groups in total. The first-order valence-electron chi connectivity index (χ1n) is 16.7. The van der Waals surface area contributed by atoms with E-state index in [1.807, 2.05) is 55.9 Å². The Labute approximate surface area is 262 Å². The van der Waals surface area contributed by atoms with Gasteiger partial charge >= 0.3 is 11.5 Å². The number of carbonyl (C=O) groups excluding carboxylic acids is 1. The van der Waals surface area contributed by atoms with E-state index in [1.54, 1.807) is 0 Å². The molecule has 0 aromatic heterocycles. The Kier molecular flexibility index (Phi) is 24.6. The smallest absolute Gasteiger partial charge is 0.383 e. The van der Waals surface area contributed by atoms with Crippen molar-refractivity contribution in [3.8, 4) is 0 Å². The van der Waals surface area contributed by atoms with Crippen LogP contribution in [0.4, 0.5) is 0 Å². The Balaban J connectivity index is 2.63. The molecule has 0 saturated heterocycles. The summed E-state index contributed by atoms with van der Waals surface area (Å²) in [4.78, 5) is 24.4. The highest BCUT2D eigenvalue weighted by Gasteiger charge is 2.47. The number of hydrogen-bond donors (Lipinski definition) is 0. The molecule has 0 saturated carbocycles. The quantitative estimate of drug-likeness (QED) is 0.0219. The summed E-state index contributed by atoms with van der Waals surface area (Å²) in [5.41, 5.74) is -1.33. The van der Waals surface area contributed by atoms with Crippen LogP contribution in [0.3, 0.4) is 0 Å². The summed E-state index contributed by atoms with van der Waals surface area (Å²) in [6.07, 6.45) is 20.6. The van der Waals surface area contributed by atoms with Gasteiger partial charge in [-0.2, -0.15) is 16.6 Å². The molecule has 0 aliphatic heterocycles. The van der Waals surface area contributed by atoms with Crippen molar-refractivity contribution < 1.29 is 28.6 Å². The zero-order chi connectivity index (χ0) is 30.7. The molecule has 1 rings (SSSR count). The van der Waals surface area contributed by atoms with Gasteiger partial charge in [0.1, 0.15) is 12.7 Å². The van der Waals surface area contributed by atoms with Crippen molar-refractivity contribution in [2.75, 3.05) is 12.4 Å². The lowest BCUT2D eigenvalue weighted by Gasteiger charge is -2.28. The lowest BCUT2D eigenvalue weighted by Crippen LogP contribution is -2.42. The fourth-order valence-electron chi connectivity index (χ4n) is 4.68. The first-order chi connectivity index (χ1) is 20.5. The summed E-state index contributed by atoms with van der Waals surface area (Å²) < 4.78 is 23.4. The van der Waals surface area contributed by atoms with E-state index in [0.717, 1.165) is 24.2 Å². The third-order valence-electron chi connectivity index (χ3n) is 7.35. The fourth-order valence-corrected chi connectivity index (χ4v) is 6.36. The van der Waals surface area contributed by atoms with E-state index in [0.29, 0.717) is 6.42 Å². The first-order valence-corrected chi connectivity index (χ1v) is 18.5. The molecule has 0 bridgehead atoms. The van der Waals surface area contributed by atoms with Crippen molar-refractivity contribution in [3.05, 3.63) is 35.9 Å². The van der Waals surface area contributed by atoms with Crippen LogP contribution in [-0.2, 0) is 35.2 Å². The highest BCUT2D eigenvalue weighted by molar-refractivity contribution is 7.99. The predicted octanol–water partition coefficient (Wildman–Crippen LogP) is 10.8. The molecule has 1 aromatic carbocycles. The molecular formula is C34H59O6PS. The van der Waals surface area contributed by atoms with E-state index in [1.165, 1.54) is 89.9 Å². The summed E-state index contributed by atoms with van der Waals surface area (Å²) in [5.74, 6) is 0.207. The second-order valence-corrected chi connectivity index (χ2v) is 13.4. The van der Waals surface area contributed by atoms with Gasteiger partial charge in [0.25, 0.3) is 0 Å². The molecule has 0 heterocycles. The lowest BCUT2D eigenvalue weighted by atomic mass is 10.1. The molecule has 42 heavy (non-hydrogen) atoms. The zero-order valence-corrected chi connectivity index (χ0v) is 28.7. The standard InChI is InChI=1S/C34H59O6PS/c1-5-8-10-12-13-14-15-16-18-23-28-42-32(26-22-17-11-9-6-2)30(4)39-40-34(41-36,38-27-7-3)33(35)37-29-31-24-20-19-21-25-31/h19-21,24-25,30,32H,5-18,22-23,26-29H2,1-4H3. The minimum Gasteiger partial charge on any atom is -0.456 e. The average Bonchev–Trinajstić information content (AvgIpc) is 3.02. The van der Waals surface area contributed by atoms with Gasteiger partial charge in [0.15, 0.2) is 0 Å². The minimum absolute atomic E-state index is 0.0282. The van der Waals surface area contributed by atoms with E-state index in [9.17, 15) is 9.36 Å². The minimum atomic E-state index is -2.15. The molecule has 8 heteroatoms. The van der Waals surface area contributed by atoms with E-state index < -0.39 is 20.0 Å². The molecule has 0 aliphatic carbocycles. The molecule has 0 aliphatic rings. The van der Waals surface area contributed by atoms with Crippen LogP contribution in [0.2, 0.25) is 0 Å². The molecule has 1 aromatic rings. The van der Waals surface area contributed by atoms with Gasteiger partial charge in [0, 0.05) is 5.25 Å². The van der Waals surface area contributed by atoms with Crippen LogP contribution in [0.5, 0.6) is 0 Å². The molecular weight excluding hydrogens is 567 g/mol. The number of ether oxygens (including phenoxy) is 2. The van der Waals surface area contributed by atoms with Crippen LogP contribution < -0.4 is 0 Å². The molecule has 3 atom stereocenters. The summed E-state index contributed by atoms with van der Waals surface area (Å²) >= 11 is 1.92. The van der Waals surface area contributed by atoms with Crippen molar-refractivity contribution in [2.24, 2.45) is 0 Å². The third kappa shape index (κ3) is 18.0.